The van der Waals surface area contributed by atoms with E-state index in [0.717, 1.165) is 43.3 Å². The summed E-state index contributed by atoms with van der Waals surface area (Å²) < 4.78 is 7.87. The van der Waals surface area contributed by atoms with E-state index in [2.05, 4.69) is 44.2 Å². The normalized spacial score (nSPS) is 12.7. The molecular weight excluding hydrogens is 518 g/mol. The van der Waals surface area contributed by atoms with E-state index in [1.165, 1.54) is 24.3 Å². The average molecular weight is 550 g/mol. The van der Waals surface area contributed by atoms with Crippen LogP contribution in [-0.4, -0.2) is 65.7 Å². The predicted octanol–water partition coefficient (Wildman–Crippen LogP) is 5.75. The number of aryl methyl sites for hydroxylation is 2. The number of methoxy groups -OCH3 is 1. The molecule has 0 saturated carbocycles. The highest BCUT2D eigenvalue weighted by molar-refractivity contribution is 6.33. The Hall–Kier alpha value is -3.89. The molecule has 0 amide bonds. The van der Waals surface area contributed by atoms with Crippen molar-refractivity contribution in [3.05, 3.63) is 63.4 Å². The first kappa shape index (κ1) is 26.7. The Morgan fingerprint density at radius 1 is 1.23 bits per heavy atom. The number of hydrogen-bond donors (Lipinski definition) is 1. The SMILES string of the molecule is COc1cc(N(C)CCCN(C)C)c([N+](=O)[O-])cc1Nc1ncc(Cl)c(-c2cn3c4c(cccc24)CCC3)n1. The van der Waals surface area contributed by atoms with Gasteiger partial charge in [-0.05, 0) is 45.5 Å². The Kier molecular flexibility index (Phi) is 7.58. The van der Waals surface area contributed by atoms with E-state index in [-0.39, 0.29) is 16.6 Å². The van der Waals surface area contributed by atoms with Gasteiger partial charge in [0.25, 0.3) is 5.69 Å². The number of nitrogens with zero attached hydrogens (tertiary/aromatic N) is 6. The Morgan fingerprint density at radius 2 is 2.05 bits per heavy atom. The van der Waals surface area contributed by atoms with Crippen molar-refractivity contribution < 1.29 is 9.66 Å². The molecule has 0 spiro atoms. The molecule has 0 aliphatic carbocycles. The van der Waals surface area contributed by atoms with Crippen LogP contribution in [0.5, 0.6) is 5.75 Å². The Balaban J connectivity index is 1.50. The van der Waals surface area contributed by atoms with Crippen LogP contribution in [0.2, 0.25) is 5.02 Å². The fourth-order valence-corrected chi connectivity index (χ4v) is 5.39. The van der Waals surface area contributed by atoms with Crippen LogP contribution < -0.4 is 15.0 Å². The summed E-state index contributed by atoms with van der Waals surface area (Å²) in [5.74, 6) is 0.711. The third-order valence-electron chi connectivity index (χ3n) is 7.08. The molecule has 0 bridgehead atoms. The maximum Gasteiger partial charge on any atom is 0.294 e. The molecule has 1 aliphatic heterocycles. The Labute approximate surface area is 232 Å². The molecule has 11 heteroatoms. The highest BCUT2D eigenvalue weighted by Crippen LogP contribution is 2.40. The van der Waals surface area contributed by atoms with Crippen LogP contribution >= 0.6 is 11.6 Å². The number of ether oxygens (including phenoxy) is 1. The highest BCUT2D eigenvalue weighted by atomic mass is 35.5. The van der Waals surface area contributed by atoms with Gasteiger partial charge in [-0.2, -0.15) is 0 Å². The van der Waals surface area contributed by atoms with Crippen molar-refractivity contribution in [1.29, 1.82) is 0 Å². The van der Waals surface area contributed by atoms with Crippen LogP contribution in [0.15, 0.2) is 42.7 Å². The second-order valence-corrected chi connectivity index (χ2v) is 10.5. The van der Waals surface area contributed by atoms with Crippen molar-refractivity contribution in [2.75, 3.05) is 51.6 Å². The Morgan fingerprint density at radius 3 is 2.79 bits per heavy atom. The lowest BCUT2D eigenvalue weighted by molar-refractivity contribution is -0.384. The lowest BCUT2D eigenvalue weighted by Crippen LogP contribution is -2.24. The largest absolute Gasteiger partial charge is 0.494 e. The smallest absolute Gasteiger partial charge is 0.294 e. The van der Waals surface area contributed by atoms with Gasteiger partial charge in [0, 0.05) is 49.4 Å². The van der Waals surface area contributed by atoms with E-state index in [1.54, 1.807) is 12.3 Å². The van der Waals surface area contributed by atoms with E-state index < -0.39 is 0 Å². The van der Waals surface area contributed by atoms with Crippen molar-refractivity contribution in [1.82, 2.24) is 19.4 Å². The molecule has 0 unspecified atom stereocenters. The zero-order valence-electron chi connectivity index (χ0n) is 22.6. The number of rotatable bonds is 10. The summed E-state index contributed by atoms with van der Waals surface area (Å²) in [5, 5.41) is 16.7. The summed E-state index contributed by atoms with van der Waals surface area (Å²) in [6.45, 7) is 2.48. The maximum atomic E-state index is 12.0. The molecule has 1 aliphatic rings. The van der Waals surface area contributed by atoms with Gasteiger partial charge in [0.1, 0.15) is 11.4 Å². The lowest BCUT2D eigenvalue weighted by Gasteiger charge is -2.22. The van der Waals surface area contributed by atoms with Gasteiger partial charge in [-0.25, -0.2) is 9.97 Å². The van der Waals surface area contributed by atoms with Gasteiger partial charge in [0.15, 0.2) is 0 Å². The second-order valence-electron chi connectivity index (χ2n) is 10.0. The molecule has 10 nitrogen and oxygen atoms in total. The van der Waals surface area contributed by atoms with Crippen LogP contribution in [0.25, 0.3) is 22.2 Å². The van der Waals surface area contributed by atoms with Crippen molar-refractivity contribution in [2.45, 2.75) is 25.8 Å². The van der Waals surface area contributed by atoms with Crippen LogP contribution in [0.4, 0.5) is 23.0 Å². The van der Waals surface area contributed by atoms with Crippen LogP contribution in [0.3, 0.4) is 0 Å². The van der Waals surface area contributed by atoms with Gasteiger partial charge in [-0.3, -0.25) is 10.1 Å². The molecule has 3 heterocycles. The fraction of sp³-hybridized carbons (Fsp3) is 0.357. The van der Waals surface area contributed by atoms with Crippen LogP contribution in [-0.2, 0) is 13.0 Å². The lowest BCUT2D eigenvalue weighted by atomic mass is 10.0. The number of nitro benzene ring substituents is 1. The van der Waals surface area contributed by atoms with E-state index in [9.17, 15) is 10.1 Å². The van der Waals surface area contributed by atoms with Gasteiger partial charge < -0.3 is 24.4 Å². The number of hydrogen-bond acceptors (Lipinski definition) is 8. The minimum atomic E-state index is -0.384. The quantitative estimate of drug-likeness (QED) is 0.197. The highest BCUT2D eigenvalue weighted by Gasteiger charge is 2.23. The summed E-state index contributed by atoms with van der Waals surface area (Å²) in [6, 6.07) is 9.46. The molecule has 39 heavy (non-hydrogen) atoms. The average Bonchev–Trinajstić information content (AvgIpc) is 3.29. The molecule has 4 aromatic rings. The number of para-hydroxylation sites is 1. The number of anilines is 3. The first-order chi connectivity index (χ1) is 18.8. The molecule has 0 radical (unpaired) electrons. The molecule has 5 rings (SSSR count). The molecule has 0 atom stereocenters. The summed E-state index contributed by atoms with van der Waals surface area (Å²) in [6.07, 6.45) is 6.64. The third kappa shape index (κ3) is 5.35. The standard InChI is InChI=1S/C28H32ClN7O3/c1-33(2)11-7-12-34(3)23-15-25(39-4)22(14-24(23)36(37)38)31-28-30-16-21(29)26(32-28)20-17-35-13-6-9-18-8-5-10-19(20)27(18)35/h5,8,10,14-17H,6-7,9,11-13H2,1-4H3,(H,30,31,32). The van der Waals surface area contributed by atoms with E-state index in [4.69, 9.17) is 21.3 Å². The van der Waals surface area contributed by atoms with E-state index in [0.29, 0.717) is 34.4 Å². The number of benzene rings is 2. The number of nitro groups is 1. The minimum Gasteiger partial charge on any atom is -0.494 e. The van der Waals surface area contributed by atoms with E-state index >= 15 is 0 Å². The first-order valence-corrected chi connectivity index (χ1v) is 13.3. The monoisotopic (exact) mass is 549 g/mol. The fourth-order valence-electron chi connectivity index (χ4n) is 5.20. The molecule has 2 aromatic heterocycles. The molecule has 1 N–H and O–H groups in total. The van der Waals surface area contributed by atoms with Crippen LogP contribution in [0, 0.1) is 10.1 Å². The van der Waals surface area contributed by atoms with Gasteiger partial charge in [-0.1, -0.05) is 29.8 Å². The summed E-state index contributed by atoms with van der Waals surface area (Å²) in [5.41, 5.74) is 4.90. The van der Waals surface area contributed by atoms with Crippen molar-refractivity contribution in [3.63, 3.8) is 0 Å². The van der Waals surface area contributed by atoms with Crippen molar-refractivity contribution >= 4 is 45.5 Å². The second kappa shape index (κ2) is 11.1. The molecule has 2 aromatic carbocycles. The zero-order valence-corrected chi connectivity index (χ0v) is 23.3. The molecule has 0 fully saturated rings. The van der Waals surface area contributed by atoms with Gasteiger partial charge in [-0.15, -0.1) is 0 Å². The van der Waals surface area contributed by atoms with Gasteiger partial charge in [0.05, 0.1) is 40.2 Å². The summed E-state index contributed by atoms with van der Waals surface area (Å²) in [7, 11) is 7.38. The zero-order chi connectivity index (χ0) is 27.7. The first-order valence-electron chi connectivity index (χ1n) is 12.9. The number of aromatic nitrogens is 3. The number of halogens is 1. The van der Waals surface area contributed by atoms with E-state index in [1.807, 2.05) is 26.0 Å². The predicted molar refractivity (Wildman–Crippen MR) is 156 cm³/mol. The molecule has 204 valence electrons. The molecular formula is C28H32ClN7O3. The number of nitrogens with one attached hydrogen (secondary N) is 1. The minimum absolute atomic E-state index is 0.0335. The maximum absolute atomic E-state index is 12.0. The topological polar surface area (TPSA) is 102 Å². The summed E-state index contributed by atoms with van der Waals surface area (Å²) in [4.78, 5) is 24.7. The van der Waals surface area contributed by atoms with Gasteiger partial charge >= 0.3 is 0 Å². The van der Waals surface area contributed by atoms with Gasteiger partial charge in [0.2, 0.25) is 5.95 Å². The van der Waals surface area contributed by atoms with Crippen molar-refractivity contribution in [3.8, 4) is 17.0 Å². The van der Waals surface area contributed by atoms with Crippen molar-refractivity contribution in [2.24, 2.45) is 0 Å². The molecule has 0 saturated heterocycles. The third-order valence-corrected chi connectivity index (χ3v) is 7.35. The Bertz CT molecular complexity index is 1540. The summed E-state index contributed by atoms with van der Waals surface area (Å²) >= 11 is 6.60. The van der Waals surface area contributed by atoms with Crippen LogP contribution in [0.1, 0.15) is 18.4 Å².